The van der Waals surface area contributed by atoms with Crippen LogP contribution in [0.25, 0.3) is 0 Å². The molecule has 2 aromatic rings. The molecular weight excluding hydrogens is 310 g/mol. The quantitative estimate of drug-likeness (QED) is 0.938. The fourth-order valence-corrected chi connectivity index (χ4v) is 2.94. The first-order valence-corrected chi connectivity index (χ1v) is 8.21. The normalized spacial score (nSPS) is 11.4. The zero-order valence-corrected chi connectivity index (χ0v) is 13.3. The van der Waals surface area contributed by atoms with E-state index in [0.29, 0.717) is 22.9 Å². The summed E-state index contributed by atoms with van der Waals surface area (Å²) >= 11 is 5.83. The van der Waals surface area contributed by atoms with Crippen molar-refractivity contribution in [2.45, 2.75) is 25.3 Å². The first-order chi connectivity index (χ1) is 9.77. The lowest BCUT2D eigenvalue weighted by Gasteiger charge is -2.12. The van der Waals surface area contributed by atoms with Crippen LogP contribution in [0.2, 0.25) is 5.02 Å². The van der Waals surface area contributed by atoms with Crippen molar-refractivity contribution < 1.29 is 13.2 Å². The van der Waals surface area contributed by atoms with Crippen LogP contribution in [0.4, 0.5) is 0 Å². The molecule has 2 rings (SSSR count). The predicted octanol–water partition coefficient (Wildman–Crippen LogP) is 3.18. The first kappa shape index (κ1) is 15.8. The maximum atomic E-state index is 11.5. The molecular formula is C15H16ClNO3S. The van der Waals surface area contributed by atoms with E-state index in [2.05, 4.69) is 0 Å². The Labute approximate surface area is 129 Å². The van der Waals surface area contributed by atoms with Gasteiger partial charge in [-0.3, -0.25) is 0 Å². The SMILES string of the molecule is Cc1cc(S(N)(=O)=O)c(C)cc1OCc1ccc(Cl)cc1. The van der Waals surface area contributed by atoms with Gasteiger partial charge in [-0.2, -0.15) is 0 Å². The minimum absolute atomic E-state index is 0.124. The molecule has 4 nitrogen and oxygen atoms in total. The summed E-state index contributed by atoms with van der Waals surface area (Å²) < 4.78 is 28.6. The predicted molar refractivity (Wildman–Crippen MR) is 83.1 cm³/mol. The van der Waals surface area contributed by atoms with Crippen molar-refractivity contribution in [2.75, 3.05) is 0 Å². The Morgan fingerprint density at radius 3 is 2.29 bits per heavy atom. The summed E-state index contributed by atoms with van der Waals surface area (Å²) in [7, 11) is -3.71. The summed E-state index contributed by atoms with van der Waals surface area (Å²) in [6, 6.07) is 10.6. The van der Waals surface area contributed by atoms with Gasteiger partial charge >= 0.3 is 0 Å². The van der Waals surface area contributed by atoms with Crippen LogP contribution in [0.5, 0.6) is 5.75 Å². The van der Waals surface area contributed by atoms with Gasteiger partial charge in [0.05, 0.1) is 4.90 Å². The maximum Gasteiger partial charge on any atom is 0.238 e. The Morgan fingerprint density at radius 1 is 1.10 bits per heavy atom. The molecule has 0 saturated heterocycles. The standard InChI is InChI=1S/C15H16ClNO3S/c1-10-8-15(21(17,18)19)11(2)7-14(10)20-9-12-3-5-13(16)6-4-12/h3-8H,9H2,1-2H3,(H2,17,18,19). The second-order valence-electron chi connectivity index (χ2n) is 4.84. The molecule has 0 spiro atoms. The van der Waals surface area contributed by atoms with Gasteiger partial charge in [0.25, 0.3) is 0 Å². The minimum atomic E-state index is -3.71. The number of sulfonamides is 1. The van der Waals surface area contributed by atoms with E-state index in [1.54, 1.807) is 32.0 Å². The van der Waals surface area contributed by atoms with Crippen LogP contribution in [0, 0.1) is 13.8 Å². The van der Waals surface area contributed by atoms with Crippen LogP contribution in [-0.4, -0.2) is 8.42 Å². The van der Waals surface area contributed by atoms with E-state index in [0.717, 1.165) is 11.1 Å². The number of primary sulfonamides is 1. The fraction of sp³-hybridized carbons (Fsp3) is 0.200. The molecule has 2 N–H and O–H groups in total. The number of nitrogens with two attached hydrogens (primary N) is 1. The van der Waals surface area contributed by atoms with E-state index in [4.69, 9.17) is 21.5 Å². The molecule has 0 heterocycles. The van der Waals surface area contributed by atoms with Crippen molar-refractivity contribution in [2.24, 2.45) is 5.14 Å². The average Bonchev–Trinajstić information content (AvgIpc) is 2.40. The fourth-order valence-electron chi connectivity index (χ4n) is 1.97. The molecule has 21 heavy (non-hydrogen) atoms. The van der Waals surface area contributed by atoms with Crippen LogP contribution in [0.1, 0.15) is 16.7 Å². The molecule has 0 fully saturated rings. The van der Waals surface area contributed by atoms with E-state index in [-0.39, 0.29) is 4.90 Å². The lowest BCUT2D eigenvalue weighted by Crippen LogP contribution is -2.14. The molecule has 0 aliphatic heterocycles. The summed E-state index contributed by atoms with van der Waals surface area (Å²) in [6.07, 6.45) is 0. The molecule has 0 radical (unpaired) electrons. The van der Waals surface area contributed by atoms with Gasteiger partial charge in [-0.25, -0.2) is 13.6 Å². The zero-order valence-electron chi connectivity index (χ0n) is 11.8. The molecule has 0 atom stereocenters. The van der Waals surface area contributed by atoms with E-state index in [1.807, 2.05) is 12.1 Å². The molecule has 0 saturated carbocycles. The lowest BCUT2D eigenvalue weighted by molar-refractivity contribution is 0.303. The van der Waals surface area contributed by atoms with Crippen LogP contribution in [0.15, 0.2) is 41.3 Å². The third-order valence-electron chi connectivity index (χ3n) is 3.09. The molecule has 112 valence electrons. The zero-order chi connectivity index (χ0) is 15.6. The number of halogens is 1. The summed E-state index contributed by atoms with van der Waals surface area (Å²) in [5.74, 6) is 0.634. The van der Waals surface area contributed by atoms with Crippen molar-refractivity contribution in [3.8, 4) is 5.75 Å². The summed E-state index contributed by atoms with van der Waals surface area (Å²) in [5, 5.41) is 5.84. The van der Waals surface area contributed by atoms with Crippen molar-refractivity contribution in [1.29, 1.82) is 0 Å². The Bertz CT molecular complexity index is 755. The van der Waals surface area contributed by atoms with Gasteiger partial charge < -0.3 is 4.74 Å². The highest BCUT2D eigenvalue weighted by atomic mass is 35.5. The summed E-state index contributed by atoms with van der Waals surface area (Å²) in [6.45, 7) is 3.85. The smallest absolute Gasteiger partial charge is 0.238 e. The van der Waals surface area contributed by atoms with Crippen molar-refractivity contribution in [3.05, 3.63) is 58.1 Å². The molecule has 0 bridgehead atoms. The van der Waals surface area contributed by atoms with Crippen molar-refractivity contribution in [3.63, 3.8) is 0 Å². The average molecular weight is 326 g/mol. The van der Waals surface area contributed by atoms with Gasteiger partial charge in [0, 0.05) is 5.02 Å². The van der Waals surface area contributed by atoms with Crippen molar-refractivity contribution in [1.82, 2.24) is 0 Å². The molecule has 6 heteroatoms. The number of aryl methyl sites for hydroxylation is 2. The van der Waals surface area contributed by atoms with E-state index >= 15 is 0 Å². The highest BCUT2D eigenvalue weighted by Crippen LogP contribution is 2.26. The first-order valence-electron chi connectivity index (χ1n) is 6.28. The van der Waals surface area contributed by atoms with Crippen LogP contribution >= 0.6 is 11.6 Å². The molecule has 2 aromatic carbocycles. The minimum Gasteiger partial charge on any atom is -0.489 e. The number of hydrogen-bond donors (Lipinski definition) is 1. The van der Waals surface area contributed by atoms with E-state index in [9.17, 15) is 8.42 Å². The largest absolute Gasteiger partial charge is 0.489 e. The number of rotatable bonds is 4. The topological polar surface area (TPSA) is 69.4 Å². The van der Waals surface area contributed by atoms with Gasteiger partial charge in [0.15, 0.2) is 0 Å². The molecule has 0 aliphatic carbocycles. The Hall–Kier alpha value is -1.56. The monoisotopic (exact) mass is 325 g/mol. The number of hydrogen-bond acceptors (Lipinski definition) is 3. The van der Waals surface area contributed by atoms with Gasteiger partial charge in [0.2, 0.25) is 10.0 Å². The molecule has 0 unspecified atom stereocenters. The number of benzene rings is 2. The van der Waals surface area contributed by atoms with Gasteiger partial charge in [-0.1, -0.05) is 23.7 Å². The Balaban J connectivity index is 2.21. The van der Waals surface area contributed by atoms with Gasteiger partial charge in [-0.15, -0.1) is 0 Å². The van der Waals surface area contributed by atoms with Crippen LogP contribution < -0.4 is 9.88 Å². The highest BCUT2D eigenvalue weighted by Gasteiger charge is 2.14. The maximum absolute atomic E-state index is 11.5. The number of ether oxygens (including phenoxy) is 1. The van der Waals surface area contributed by atoms with Gasteiger partial charge in [0.1, 0.15) is 12.4 Å². The Morgan fingerprint density at radius 2 is 1.71 bits per heavy atom. The van der Waals surface area contributed by atoms with Gasteiger partial charge in [-0.05, 0) is 54.8 Å². The van der Waals surface area contributed by atoms with E-state index < -0.39 is 10.0 Å². The second-order valence-corrected chi connectivity index (χ2v) is 6.81. The Kier molecular flexibility index (Phi) is 4.56. The lowest BCUT2D eigenvalue weighted by atomic mass is 10.1. The van der Waals surface area contributed by atoms with Crippen LogP contribution in [-0.2, 0) is 16.6 Å². The second kappa shape index (κ2) is 6.05. The highest BCUT2D eigenvalue weighted by molar-refractivity contribution is 7.89. The molecule has 0 amide bonds. The van der Waals surface area contributed by atoms with Crippen molar-refractivity contribution >= 4 is 21.6 Å². The molecule has 0 aliphatic rings. The third kappa shape index (κ3) is 3.97. The molecule has 0 aromatic heterocycles. The van der Waals surface area contributed by atoms with E-state index in [1.165, 1.54) is 6.07 Å². The van der Waals surface area contributed by atoms with Crippen LogP contribution in [0.3, 0.4) is 0 Å². The summed E-state index contributed by atoms with van der Waals surface area (Å²) in [5.41, 5.74) is 2.26. The third-order valence-corrected chi connectivity index (χ3v) is 4.39. The summed E-state index contributed by atoms with van der Waals surface area (Å²) in [4.78, 5) is 0.124.